The van der Waals surface area contributed by atoms with Gasteiger partial charge in [-0.25, -0.2) is 16.8 Å². The summed E-state index contributed by atoms with van der Waals surface area (Å²) in [5.41, 5.74) is 1.02. The summed E-state index contributed by atoms with van der Waals surface area (Å²) < 4.78 is 62.6. The SMILES string of the molecule is COc1ccc(S(=O)(=O)N2CC(C(=O)NC(C)c3ccc(S(C)(=O)=O)cc3)Oc3ccccc32)cc1. The highest BCUT2D eigenvalue weighted by Gasteiger charge is 2.37. The lowest BCUT2D eigenvalue weighted by molar-refractivity contribution is -0.128. The fourth-order valence-corrected chi connectivity index (χ4v) is 5.94. The smallest absolute Gasteiger partial charge is 0.264 e. The van der Waals surface area contributed by atoms with E-state index in [0.717, 1.165) is 6.26 Å². The van der Waals surface area contributed by atoms with Gasteiger partial charge < -0.3 is 14.8 Å². The Balaban J connectivity index is 1.57. The molecule has 4 rings (SSSR count). The number of carbonyl (C=O) groups is 1. The van der Waals surface area contributed by atoms with E-state index in [1.165, 1.54) is 35.7 Å². The van der Waals surface area contributed by atoms with E-state index < -0.39 is 37.9 Å². The Morgan fingerprint density at radius 1 is 0.972 bits per heavy atom. The van der Waals surface area contributed by atoms with Crippen molar-refractivity contribution in [2.24, 2.45) is 0 Å². The van der Waals surface area contributed by atoms with E-state index in [1.807, 2.05) is 0 Å². The van der Waals surface area contributed by atoms with Gasteiger partial charge in [0.1, 0.15) is 11.5 Å². The third-order valence-electron chi connectivity index (χ3n) is 5.84. The molecule has 0 fully saturated rings. The molecule has 0 saturated carbocycles. The molecule has 0 aromatic heterocycles. The van der Waals surface area contributed by atoms with Crippen LogP contribution >= 0.6 is 0 Å². The summed E-state index contributed by atoms with van der Waals surface area (Å²) >= 11 is 0. The number of methoxy groups -OCH3 is 1. The topological polar surface area (TPSA) is 119 Å². The number of ether oxygens (including phenoxy) is 2. The maximum atomic E-state index is 13.5. The van der Waals surface area contributed by atoms with Crippen molar-refractivity contribution in [1.29, 1.82) is 0 Å². The number of amides is 1. The molecular weight excluding hydrogens is 504 g/mol. The van der Waals surface area contributed by atoms with Crippen LogP contribution in [0, 0.1) is 0 Å². The zero-order valence-corrected chi connectivity index (χ0v) is 21.5. The number of nitrogens with one attached hydrogen (secondary N) is 1. The fraction of sp³-hybridized carbons (Fsp3) is 0.240. The van der Waals surface area contributed by atoms with Gasteiger partial charge in [-0.05, 0) is 61.0 Å². The molecular formula is C25H26N2O7S2. The first-order valence-electron chi connectivity index (χ1n) is 11.0. The zero-order chi connectivity index (χ0) is 26.1. The minimum absolute atomic E-state index is 0.0542. The number of rotatable bonds is 7. The normalized spacial score (nSPS) is 16.4. The number of fused-ring (bicyclic) bond motifs is 1. The molecule has 0 radical (unpaired) electrons. The van der Waals surface area contributed by atoms with Crippen LogP contribution in [-0.2, 0) is 24.7 Å². The summed E-state index contributed by atoms with van der Waals surface area (Å²) in [5, 5.41) is 2.83. The average molecular weight is 531 g/mol. The van der Waals surface area contributed by atoms with Crippen molar-refractivity contribution in [3.63, 3.8) is 0 Å². The summed E-state index contributed by atoms with van der Waals surface area (Å²) in [6, 6.07) is 18.4. The molecule has 9 nitrogen and oxygen atoms in total. The standard InChI is InChI=1S/C25H26N2O7S2/c1-17(18-8-12-20(13-9-18)35(3,29)30)26-25(28)24-16-27(22-6-4-5-7-23(22)34-24)36(31,32)21-14-10-19(33-2)11-15-21/h4-15,17,24H,16H2,1-3H3,(H,26,28). The van der Waals surface area contributed by atoms with E-state index >= 15 is 0 Å². The molecule has 0 spiro atoms. The zero-order valence-electron chi connectivity index (χ0n) is 19.9. The molecule has 3 aromatic rings. The Bertz CT molecular complexity index is 1470. The minimum atomic E-state index is -4.01. The molecule has 1 aliphatic rings. The summed E-state index contributed by atoms with van der Waals surface area (Å²) in [4.78, 5) is 13.4. The van der Waals surface area contributed by atoms with Gasteiger partial charge in [0.2, 0.25) is 0 Å². The first-order valence-corrected chi connectivity index (χ1v) is 14.4. The van der Waals surface area contributed by atoms with Gasteiger partial charge in [0.25, 0.3) is 15.9 Å². The summed E-state index contributed by atoms with van der Waals surface area (Å²) in [6.45, 7) is 1.52. The fourth-order valence-electron chi connectivity index (χ4n) is 3.83. The number of nitrogens with zero attached hydrogens (tertiary/aromatic N) is 1. The number of hydrogen-bond acceptors (Lipinski definition) is 7. The van der Waals surface area contributed by atoms with Crippen LogP contribution in [0.1, 0.15) is 18.5 Å². The Labute approximate surface area is 210 Å². The molecule has 11 heteroatoms. The number of sulfonamides is 1. The van der Waals surface area contributed by atoms with Crippen LogP contribution in [0.15, 0.2) is 82.6 Å². The Morgan fingerprint density at radius 3 is 2.19 bits per heavy atom. The second kappa shape index (κ2) is 9.82. The van der Waals surface area contributed by atoms with Gasteiger partial charge in [0.15, 0.2) is 15.9 Å². The number of anilines is 1. The molecule has 1 amide bonds. The quantitative estimate of drug-likeness (QED) is 0.499. The Morgan fingerprint density at radius 2 is 1.58 bits per heavy atom. The molecule has 36 heavy (non-hydrogen) atoms. The largest absolute Gasteiger partial charge is 0.497 e. The molecule has 1 aliphatic heterocycles. The lowest BCUT2D eigenvalue weighted by atomic mass is 10.1. The van der Waals surface area contributed by atoms with Crippen LogP contribution in [0.25, 0.3) is 0 Å². The Hall–Kier alpha value is -3.57. The molecule has 3 aromatic carbocycles. The van der Waals surface area contributed by atoms with Gasteiger partial charge in [-0.2, -0.15) is 0 Å². The molecule has 190 valence electrons. The van der Waals surface area contributed by atoms with Crippen molar-refractivity contribution in [1.82, 2.24) is 5.32 Å². The number of sulfone groups is 1. The van der Waals surface area contributed by atoms with Crippen molar-refractivity contribution in [2.45, 2.75) is 28.9 Å². The monoisotopic (exact) mass is 530 g/mol. The predicted molar refractivity (Wildman–Crippen MR) is 134 cm³/mol. The second-order valence-electron chi connectivity index (χ2n) is 8.36. The maximum Gasteiger partial charge on any atom is 0.264 e. The summed E-state index contributed by atoms with van der Waals surface area (Å²) in [7, 11) is -5.85. The van der Waals surface area contributed by atoms with Crippen LogP contribution in [0.3, 0.4) is 0 Å². The lowest BCUT2D eigenvalue weighted by Crippen LogP contribution is -2.51. The molecule has 2 unspecified atom stereocenters. The van der Waals surface area contributed by atoms with Crippen molar-refractivity contribution >= 4 is 31.5 Å². The highest BCUT2D eigenvalue weighted by atomic mass is 32.2. The van der Waals surface area contributed by atoms with Gasteiger partial charge in [0.05, 0.1) is 35.2 Å². The van der Waals surface area contributed by atoms with Gasteiger partial charge in [-0.3, -0.25) is 9.10 Å². The second-order valence-corrected chi connectivity index (χ2v) is 12.2. The Kier molecular flexibility index (Phi) is 6.96. The third-order valence-corrected chi connectivity index (χ3v) is 8.76. The average Bonchev–Trinajstić information content (AvgIpc) is 2.87. The van der Waals surface area contributed by atoms with Gasteiger partial charge in [-0.15, -0.1) is 0 Å². The molecule has 2 atom stereocenters. The van der Waals surface area contributed by atoms with E-state index in [1.54, 1.807) is 55.5 Å². The van der Waals surface area contributed by atoms with E-state index in [-0.39, 0.29) is 22.1 Å². The minimum Gasteiger partial charge on any atom is -0.497 e. The highest BCUT2D eigenvalue weighted by Crippen LogP contribution is 2.37. The number of hydrogen-bond donors (Lipinski definition) is 1. The van der Waals surface area contributed by atoms with Crippen molar-refractivity contribution < 1.29 is 31.1 Å². The van der Waals surface area contributed by atoms with Crippen molar-refractivity contribution in [2.75, 3.05) is 24.2 Å². The number of para-hydroxylation sites is 2. The van der Waals surface area contributed by atoms with Crippen molar-refractivity contribution in [3.05, 3.63) is 78.4 Å². The highest BCUT2D eigenvalue weighted by molar-refractivity contribution is 7.92. The van der Waals surface area contributed by atoms with Crippen molar-refractivity contribution in [3.8, 4) is 11.5 Å². The summed E-state index contributed by atoms with van der Waals surface area (Å²) in [5.74, 6) is 0.289. The van der Waals surface area contributed by atoms with Crippen LogP contribution in [0.2, 0.25) is 0 Å². The van der Waals surface area contributed by atoms with Gasteiger partial charge >= 0.3 is 0 Å². The van der Waals surface area contributed by atoms with Crippen LogP contribution in [-0.4, -0.2) is 48.8 Å². The van der Waals surface area contributed by atoms with E-state index in [0.29, 0.717) is 17.0 Å². The van der Waals surface area contributed by atoms with E-state index in [9.17, 15) is 21.6 Å². The lowest BCUT2D eigenvalue weighted by Gasteiger charge is -2.35. The first-order chi connectivity index (χ1) is 17.0. The maximum absolute atomic E-state index is 13.5. The summed E-state index contributed by atoms with van der Waals surface area (Å²) in [6.07, 6.45) is 0.0164. The van der Waals surface area contributed by atoms with Gasteiger partial charge in [0, 0.05) is 6.26 Å². The van der Waals surface area contributed by atoms with Crippen LogP contribution < -0.4 is 19.1 Å². The first kappa shape index (κ1) is 25.5. The van der Waals surface area contributed by atoms with E-state index in [4.69, 9.17) is 9.47 Å². The van der Waals surface area contributed by atoms with Crippen LogP contribution in [0.4, 0.5) is 5.69 Å². The molecule has 0 aliphatic carbocycles. The number of carbonyl (C=O) groups excluding carboxylic acids is 1. The molecule has 0 saturated heterocycles. The predicted octanol–water partition coefficient (Wildman–Crippen LogP) is 2.93. The number of benzene rings is 3. The van der Waals surface area contributed by atoms with E-state index in [2.05, 4.69) is 5.32 Å². The van der Waals surface area contributed by atoms with Gasteiger partial charge in [-0.1, -0.05) is 24.3 Å². The molecule has 1 heterocycles. The third kappa shape index (κ3) is 5.17. The molecule has 0 bridgehead atoms. The van der Waals surface area contributed by atoms with Crippen LogP contribution in [0.5, 0.6) is 11.5 Å². The molecule has 1 N–H and O–H groups in total.